The summed E-state index contributed by atoms with van der Waals surface area (Å²) in [5.74, 6) is 0.799. The first-order valence-electron chi connectivity index (χ1n) is 10.2. The predicted molar refractivity (Wildman–Crippen MR) is 112 cm³/mol. The molecule has 168 valence electrons. The zero-order valence-electron chi connectivity index (χ0n) is 16.8. The standard InChI is InChI=1S/C21H26ClN3O6/c22-15-3-1-12(21-20(29)19(28)18(27)16(11-26)31-21)9-13(15)10-14-2-4-17(24-23-14)25-5-7-30-8-6-25/h1-4,9,16,18-21,26-29H,5-8,10-11H2. The zero-order valence-corrected chi connectivity index (χ0v) is 17.6. The average molecular weight is 452 g/mol. The second-order valence-electron chi connectivity index (χ2n) is 7.76. The molecule has 2 aliphatic rings. The van der Waals surface area contributed by atoms with Crippen LogP contribution in [0.2, 0.25) is 5.02 Å². The molecule has 0 aliphatic carbocycles. The number of nitrogens with zero attached hydrogens (tertiary/aromatic N) is 3. The number of benzene rings is 1. The molecule has 1 aromatic carbocycles. The molecule has 2 aromatic rings. The summed E-state index contributed by atoms with van der Waals surface area (Å²) >= 11 is 6.38. The summed E-state index contributed by atoms with van der Waals surface area (Å²) in [4.78, 5) is 2.12. The molecule has 0 bridgehead atoms. The van der Waals surface area contributed by atoms with Gasteiger partial charge in [-0.1, -0.05) is 23.7 Å². The van der Waals surface area contributed by atoms with Gasteiger partial charge in [0.05, 0.1) is 25.5 Å². The minimum absolute atomic E-state index is 0.417. The molecule has 2 aliphatic heterocycles. The van der Waals surface area contributed by atoms with Crippen molar-refractivity contribution in [2.24, 2.45) is 0 Å². The number of hydrogen-bond donors (Lipinski definition) is 4. The summed E-state index contributed by atoms with van der Waals surface area (Å²) in [5, 5.41) is 49.0. The van der Waals surface area contributed by atoms with Crippen LogP contribution in [-0.4, -0.2) is 87.9 Å². The minimum atomic E-state index is -1.44. The first-order valence-corrected chi connectivity index (χ1v) is 10.6. The molecule has 0 amide bonds. The monoisotopic (exact) mass is 451 g/mol. The van der Waals surface area contributed by atoms with E-state index in [9.17, 15) is 20.4 Å². The van der Waals surface area contributed by atoms with Crippen LogP contribution in [0.1, 0.15) is 22.9 Å². The Bertz CT molecular complexity index is 878. The van der Waals surface area contributed by atoms with Crippen LogP contribution >= 0.6 is 11.6 Å². The highest BCUT2D eigenvalue weighted by Gasteiger charge is 2.44. The lowest BCUT2D eigenvalue weighted by atomic mass is 9.90. The summed E-state index contributed by atoms with van der Waals surface area (Å²) in [6, 6.07) is 8.96. The normalized spacial score (nSPS) is 29.2. The lowest BCUT2D eigenvalue weighted by Gasteiger charge is -2.40. The van der Waals surface area contributed by atoms with E-state index in [4.69, 9.17) is 21.1 Å². The maximum atomic E-state index is 10.4. The first-order chi connectivity index (χ1) is 15.0. The van der Waals surface area contributed by atoms with E-state index in [0.717, 1.165) is 30.2 Å². The van der Waals surface area contributed by atoms with Crippen molar-refractivity contribution in [3.63, 3.8) is 0 Å². The van der Waals surface area contributed by atoms with Gasteiger partial charge in [-0.25, -0.2) is 0 Å². The van der Waals surface area contributed by atoms with Gasteiger partial charge in [0.25, 0.3) is 0 Å². The fourth-order valence-electron chi connectivity index (χ4n) is 3.89. The highest BCUT2D eigenvalue weighted by molar-refractivity contribution is 6.31. The lowest BCUT2D eigenvalue weighted by molar-refractivity contribution is -0.231. The largest absolute Gasteiger partial charge is 0.394 e. The van der Waals surface area contributed by atoms with Crippen molar-refractivity contribution in [3.8, 4) is 0 Å². The highest BCUT2D eigenvalue weighted by atomic mass is 35.5. The van der Waals surface area contributed by atoms with Crippen molar-refractivity contribution in [2.45, 2.75) is 36.9 Å². The number of aromatic nitrogens is 2. The molecule has 10 heteroatoms. The highest BCUT2D eigenvalue weighted by Crippen LogP contribution is 2.34. The Morgan fingerprint density at radius 2 is 1.77 bits per heavy atom. The topological polar surface area (TPSA) is 128 Å². The van der Waals surface area contributed by atoms with E-state index in [1.54, 1.807) is 18.2 Å². The molecule has 5 atom stereocenters. The molecule has 3 heterocycles. The van der Waals surface area contributed by atoms with Crippen LogP contribution in [0.4, 0.5) is 5.82 Å². The second kappa shape index (κ2) is 9.74. The van der Waals surface area contributed by atoms with Crippen molar-refractivity contribution >= 4 is 17.4 Å². The molecule has 9 nitrogen and oxygen atoms in total. The SMILES string of the molecule is OCC1OC(c2ccc(Cl)c(Cc3ccc(N4CCOCC4)nn3)c2)C(O)C(O)C1O. The summed E-state index contributed by atoms with van der Waals surface area (Å²) in [6.45, 7) is 2.42. The number of ether oxygens (including phenoxy) is 2. The number of anilines is 1. The van der Waals surface area contributed by atoms with Crippen LogP contribution in [-0.2, 0) is 15.9 Å². The zero-order chi connectivity index (χ0) is 22.0. The predicted octanol–water partition coefficient (Wildman–Crippen LogP) is 0.0723. The van der Waals surface area contributed by atoms with Gasteiger partial charge in [-0.05, 0) is 29.3 Å². The van der Waals surface area contributed by atoms with E-state index >= 15 is 0 Å². The van der Waals surface area contributed by atoms with Crippen LogP contribution in [0.25, 0.3) is 0 Å². The molecular weight excluding hydrogens is 426 g/mol. The van der Waals surface area contributed by atoms with Gasteiger partial charge in [-0.3, -0.25) is 0 Å². The first kappa shape index (κ1) is 22.3. The van der Waals surface area contributed by atoms with Crippen molar-refractivity contribution < 1.29 is 29.9 Å². The maximum absolute atomic E-state index is 10.4. The Morgan fingerprint density at radius 1 is 1.00 bits per heavy atom. The molecule has 2 fully saturated rings. The van der Waals surface area contributed by atoms with E-state index in [-0.39, 0.29) is 0 Å². The Morgan fingerprint density at radius 3 is 2.45 bits per heavy atom. The maximum Gasteiger partial charge on any atom is 0.151 e. The lowest BCUT2D eigenvalue weighted by Crippen LogP contribution is -2.55. The Labute approximate surface area is 184 Å². The van der Waals surface area contributed by atoms with Crippen LogP contribution in [0, 0.1) is 0 Å². The second-order valence-corrected chi connectivity index (χ2v) is 8.17. The van der Waals surface area contributed by atoms with E-state index in [1.165, 1.54) is 0 Å². The third-order valence-corrected chi connectivity index (χ3v) is 6.07. The number of morpholine rings is 1. The van der Waals surface area contributed by atoms with Crippen molar-refractivity contribution in [2.75, 3.05) is 37.8 Å². The third kappa shape index (κ3) is 4.83. The summed E-state index contributed by atoms with van der Waals surface area (Å²) in [7, 11) is 0. The summed E-state index contributed by atoms with van der Waals surface area (Å²) in [5.41, 5.74) is 2.06. The summed E-state index contributed by atoms with van der Waals surface area (Å²) in [6.07, 6.45) is -5.65. The van der Waals surface area contributed by atoms with Gasteiger partial charge in [-0.15, -0.1) is 5.10 Å². The molecule has 5 unspecified atom stereocenters. The number of aliphatic hydroxyl groups is 4. The Kier molecular flexibility index (Phi) is 7.02. The molecule has 4 rings (SSSR count). The van der Waals surface area contributed by atoms with E-state index in [1.807, 2.05) is 12.1 Å². The Hall–Kier alpha value is -1.85. The van der Waals surface area contributed by atoms with Crippen LogP contribution in [0.15, 0.2) is 30.3 Å². The molecule has 0 saturated carbocycles. The summed E-state index contributed by atoms with van der Waals surface area (Å²) < 4.78 is 11.0. The van der Waals surface area contributed by atoms with Crippen molar-refractivity contribution in [3.05, 3.63) is 52.2 Å². The molecule has 0 spiro atoms. The Balaban J connectivity index is 1.51. The fourth-order valence-corrected chi connectivity index (χ4v) is 4.07. The number of rotatable bonds is 5. The smallest absolute Gasteiger partial charge is 0.151 e. The van der Waals surface area contributed by atoms with Gasteiger partial charge in [0.1, 0.15) is 30.5 Å². The van der Waals surface area contributed by atoms with Gasteiger partial charge in [-0.2, -0.15) is 5.10 Å². The van der Waals surface area contributed by atoms with Gasteiger partial charge >= 0.3 is 0 Å². The van der Waals surface area contributed by atoms with E-state index in [0.29, 0.717) is 30.2 Å². The van der Waals surface area contributed by atoms with Gasteiger partial charge in [0, 0.05) is 24.5 Å². The average Bonchev–Trinajstić information content (AvgIpc) is 2.80. The van der Waals surface area contributed by atoms with Crippen LogP contribution < -0.4 is 4.90 Å². The fraction of sp³-hybridized carbons (Fsp3) is 0.524. The van der Waals surface area contributed by atoms with Crippen molar-refractivity contribution in [1.82, 2.24) is 10.2 Å². The molecule has 4 N–H and O–H groups in total. The third-order valence-electron chi connectivity index (χ3n) is 5.70. The van der Waals surface area contributed by atoms with Crippen LogP contribution in [0.5, 0.6) is 0 Å². The van der Waals surface area contributed by atoms with E-state index in [2.05, 4.69) is 15.1 Å². The number of aliphatic hydroxyl groups excluding tert-OH is 4. The molecule has 2 saturated heterocycles. The number of halogens is 1. The molecule has 0 radical (unpaired) electrons. The van der Waals surface area contributed by atoms with Gasteiger partial charge in [0.2, 0.25) is 0 Å². The minimum Gasteiger partial charge on any atom is -0.394 e. The quantitative estimate of drug-likeness (QED) is 0.499. The molecular formula is C21H26ClN3O6. The molecule has 31 heavy (non-hydrogen) atoms. The van der Waals surface area contributed by atoms with Gasteiger partial charge < -0.3 is 34.8 Å². The van der Waals surface area contributed by atoms with Crippen molar-refractivity contribution in [1.29, 1.82) is 0 Å². The van der Waals surface area contributed by atoms with Crippen LogP contribution in [0.3, 0.4) is 0 Å². The molecule has 1 aromatic heterocycles. The number of hydrogen-bond acceptors (Lipinski definition) is 9. The van der Waals surface area contributed by atoms with Gasteiger partial charge in [0.15, 0.2) is 5.82 Å². The van der Waals surface area contributed by atoms with E-state index < -0.39 is 37.1 Å².